The largest absolute Gasteiger partial charge is 0.378 e. The molecule has 2 aromatic carbocycles. The van der Waals surface area contributed by atoms with Crippen LogP contribution in [0.2, 0.25) is 0 Å². The van der Waals surface area contributed by atoms with Crippen molar-refractivity contribution in [1.29, 1.82) is 0 Å². The number of thioether (sulfide) groups is 2. The fraction of sp³-hybridized carbons (Fsp3) is 0.368. The van der Waals surface area contributed by atoms with Crippen molar-refractivity contribution in [1.82, 2.24) is 0 Å². The molecule has 22 heavy (non-hydrogen) atoms. The van der Waals surface area contributed by atoms with Crippen molar-refractivity contribution >= 4 is 23.5 Å². The average molecular weight is 331 g/mol. The van der Waals surface area contributed by atoms with Crippen LogP contribution in [-0.4, -0.2) is 20.7 Å². The van der Waals surface area contributed by atoms with Crippen LogP contribution in [0.5, 0.6) is 0 Å². The Morgan fingerprint density at radius 2 is 1.36 bits per heavy atom. The lowest BCUT2D eigenvalue weighted by molar-refractivity contribution is 0.0654. The molecule has 3 rings (SSSR count). The molecular formula is C19H22OS2. The molecule has 116 valence electrons. The highest BCUT2D eigenvalue weighted by atomic mass is 32.2. The quantitative estimate of drug-likeness (QED) is 0.861. The summed E-state index contributed by atoms with van der Waals surface area (Å²) in [6.45, 7) is 2.20. The van der Waals surface area contributed by atoms with E-state index in [2.05, 4.69) is 31.2 Å². The van der Waals surface area contributed by atoms with Crippen LogP contribution in [0.15, 0.2) is 60.7 Å². The van der Waals surface area contributed by atoms with Gasteiger partial charge >= 0.3 is 0 Å². The molecule has 1 nitrogen and oxygen atoms in total. The smallest absolute Gasteiger partial charge is 0.138 e. The van der Waals surface area contributed by atoms with E-state index in [1.807, 2.05) is 59.9 Å². The van der Waals surface area contributed by atoms with Crippen LogP contribution in [0.25, 0.3) is 0 Å². The Bertz CT molecular complexity index is 552. The van der Waals surface area contributed by atoms with E-state index in [1.54, 1.807) is 0 Å². The maximum Gasteiger partial charge on any atom is 0.138 e. The molecule has 0 aliphatic carbocycles. The van der Waals surface area contributed by atoms with Gasteiger partial charge in [-0.1, -0.05) is 67.6 Å². The lowest BCUT2D eigenvalue weighted by Crippen LogP contribution is -2.49. The summed E-state index contributed by atoms with van der Waals surface area (Å²) in [5.74, 6) is 2.23. The molecule has 0 saturated carbocycles. The molecule has 1 N–H and O–H groups in total. The summed E-state index contributed by atoms with van der Waals surface area (Å²) in [4.78, 5) is 0. The highest BCUT2D eigenvalue weighted by Gasteiger charge is 2.53. The molecule has 0 unspecified atom stereocenters. The predicted molar refractivity (Wildman–Crippen MR) is 98.4 cm³/mol. The zero-order valence-corrected chi connectivity index (χ0v) is 14.5. The van der Waals surface area contributed by atoms with E-state index in [0.29, 0.717) is 0 Å². The van der Waals surface area contributed by atoms with Crippen LogP contribution in [0.3, 0.4) is 0 Å². The fourth-order valence-corrected chi connectivity index (χ4v) is 6.76. The van der Waals surface area contributed by atoms with Gasteiger partial charge in [0.25, 0.3) is 0 Å². The highest BCUT2D eigenvalue weighted by Crippen LogP contribution is 2.57. The van der Waals surface area contributed by atoms with Gasteiger partial charge in [-0.25, -0.2) is 0 Å². The minimum Gasteiger partial charge on any atom is -0.378 e. The van der Waals surface area contributed by atoms with Gasteiger partial charge in [-0.3, -0.25) is 0 Å². The molecule has 1 heterocycles. The number of benzene rings is 2. The fourth-order valence-electron chi connectivity index (χ4n) is 3.21. The van der Waals surface area contributed by atoms with E-state index in [1.165, 1.54) is 6.42 Å². The zero-order valence-electron chi connectivity index (χ0n) is 12.9. The van der Waals surface area contributed by atoms with Crippen molar-refractivity contribution in [2.45, 2.75) is 29.4 Å². The second-order valence-corrected chi connectivity index (χ2v) is 8.65. The first-order chi connectivity index (χ1) is 10.7. The number of hydrogen-bond acceptors (Lipinski definition) is 3. The third-order valence-corrected chi connectivity index (χ3v) is 8.15. The number of hydrogen-bond donors (Lipinski definition) is 1. The Morgan fingerprint density at radius 3 is 1.77 bits per heavy atom. The summed E-state index contributed by atoms with van der Waals surface area (Å²) >= 11 is 3.84. The number of rotatable bonds is 4. The van der Waals surface area contributed by atoms with E-state index < -0.39 is 5.60 Å². The van der Waals surface area contributed by atoms with Gasteiger partial charge in [-0.05, 0) is 35.5 Å². The van der Waals surface area contributed by atoms with Gasteiger partial charge in [-0.2, -0.15) is 0 Å². The van der Waals surface area contributed by atoms with Crippen LogP contribution in [-0.2, 0) is 5.60 Å². The molecule has 1 aliphatic rings. The first kappa shape index (κ1) is 16.0. The van der Waals surface area contributed by atoms with Crippen LogP contribution in [0.4, 0.5) is 0 Å². The lowest BCUT2D eigenvalue weighted by Gasteiger charge is -2.48. The second kappa shape index (κ2) is 6.69. The van der Waals surface area contributed by atoms with Crippen LogP contribution >= 0.6 is 23.5 Å². The van der Waals surface area contributed by atoms with Gasteiger partial charge in [0.15, 0.2) is 0 Å². The topological polar surface area (TPSA) is 20.2 Å². The second-order valence-electron chi connectivity index (χ2n) is 5.60. The van der Waals surface area contributed by atoms with Gasteiger partial charge < -0.3 is 5.11 Å². The van der Waals surface area contributed by atoms with Crippen LogP contribution in [0, 0.1) is 0 Å². The molecule has 0 atom stereocenters. The Hall–Kier alpha value is -0.900. The van der Waals surface area contributed by atoms with Gasteiger partial charge in [0, 0.05) is 0 Å². The van der Waals surface area contributed by atoms with Gasteiger partial charge in [0.1, 0.15) is 5.60 Å². The van der Waals surface area contributed by atoms with Crippen LogP contribution in [0.1, 0.15) is 30.9 Å². The van der Waals surface area contributed by atoms with Crippen molar-refractivity contribution in [3.05, 3.63) is 71.8 Å². The minimum atomic E-state index is -0.972. The predicted octanol–water partition coefficient (Wildman–Crippen LogP) is 4.90. The summed E-state index contributed by atoms with van der Waals surface area (Å²) in [6.07, 6.45) is 2.15. The Morgan fingerprint density at radius 1 is 0.909 bits per heavy atom. The molecule has 3 heteroatoms. The van der Waals surface area contributed by atoms with Crippen molar-refractivity contribution in [2.75, 3.05) is 11.5 Å². The molecule has 0 radical (unpaired) electrons. The normalized spacial score (nSPS) is 18.1. The zero-order chi connectivity index (χ0) is 15.5. The molecule has 0 aromatic heterocycles. The third kappa shape index (κ3) is 2.60. The molecule has 0 spiro atoms. The molecule has 1 fully saturated rings. The molecule has 0 amide bonds. The number of aliphatic hydroxyl groups is 1. The maximum atomic E-state index is 12.0. The lowest BCUT2D eigenvalue weighted by atomic mass is 9.82. The van der Waals surface area contributed by atoms with Crippen LogP contribution < -0.4 is 0 Å². The SMILES string of the molecule is CCC1(C(O)(c2ccccc2)c2ccccc2)SCCCS1. The van der Waals surface area contributed by atoms with Crippen molar-refractivity contribution in [3.63, 3.8) is 0 Å². The molecule has 1 aliphatic heterocycles. The van der Waals surface area contributed by atoms with Crippen molar-refractivity contribution in [2.24, 2.45) is 0 Å². The van der Waals surface area contributed by atoms with Crippen molar-refractivity contribution < 1.29 is 5.11 Å². The molecule has 0 bridgehead atoms. The third-order valence-electron chi connectivity index (χ3n) is 4.36. The van der Waals surface area contributed by atoms with E-state index in [-0.39, 0.29) is 4.08 Å². The van der Waals surface area contributed by atoms with E-state index in [4.69, 9.17) is 0 Å². The van der Waals surface area contributed by atoms with Gasteiger partial charge in [0.05, 0.1) is 4.08 Å². The first-order valence-electron chi connectivity index (χ1n) is 7.84. The van der Waals surface area contributed by atoms with Gasteiger partial charge in [0.2, 0.25) is 0 Å². The summed E-state index contributed by atoms with van der Waals surface area (Å²) in [7, 11) is 0. The minimum absolute atomic E-state index is 0.228. The van der Waals surface area contributed by atoms with Gasteiger partial charge in [-0.15, -0.1) is 23.5 Å². The van der Waals surface area contributed by atoms with E-state index in [0.717, 1.165) is 29.1 Å². The van der Waals surface area contributed by atoms with Crippen molar-refractivity contribution in [3.8, 4) is 0 Å². The summed E-state index contributed by atoms with van der Waals surface area (Å²) in [5, 5.41) is 12.0. The Labute approximate surface area is 141 Å². The Kier molecular flexibility index (Phi) is 4.86. The molecular weight excluding hydrogens is 308 g/mol. The Balaban J connectivity index is 2.19. The summed E-state index contributed by atoms with van der Waals surface area (Å²) < 4.78 is -0.228. The average Bonchev–Trinajstić information content (AvgIpc) is 2.63. The monoisotopic (exact) mass is 330 g/mol. The highest BCUT2D eigenvalue weighted by molar-refractivity contribution is 8.18. The van der Waals surface area contributed by atoms with E-state index >= 15 is 0 Å². The standard InChI is InChI=1S/C19H22OS2/c1-2-18(21-14-9-15-22-18)19(20,16-10-5-3-6-11-16)17-12-7-4-8-13-17/h3-8,10-13,20H,2,9,14-15H2,1H3. The maximum absolute atomic E-state index is 12.0. The summed E-state index contributed by atoms with van der Waals surface area (Å²) in [5.41, 5.74) is 1.01. The first-order valence-corrected chi connectivity index (χ1v) is 9.81. The molecule has 1 saturated heterocycles. The summed E-state index contributed by atoms with van der Waals surface area (Å²) in [6, 6.07) is 20.3. The molecule has 2 aromatic rings. The van der Waals surface area contributed by atoms with E-state index in [9.17, 15) is 5.11 Å².